The molecular weight excluding hydrogens is 335 g/mol. The number of piperidine rings is 1. The summed E-state index contributed by atoms with van der Waals surface area (Å²) in [7, 11) is 0. The molecule has 6 nitrogen and oxygen atoms in total. The van der Waals surface area contributed by atoms with Crippen molar-refractivity contribution in [3.63, 3.8) is 0 Å². The highest BCUT2D eigenvalue weighted by Crippen LogP contribution is 2.24. The van der Waals surface area contributed by atoms with Crippen LogP contribution >= 0.6 is 0 Å². The molecule has 0 bridgehead atoms. The van der Waals surface area contributed by atoms with Crippen LogP contribution in [0.1, 0.15) is 24.0 Å². The van der Waals surface area contributed by atoms with Crippen molar-refractivity contribution < 1.29 is 14.3 Å². The number of carbonyl (C=O) groups is 1. The SMILES string of the molecule is Cc1cc(F)ccc1CC(=O)NC[C@]1(O)CCCN(c2cnccn2)C1. The molecule has 1 aliphatic heterocycles. The van der Waals surface area contributed by atoms with Crippen LogP contribution in [0.25, 0.3) is 0 Å². The largest absolute Gasteiger partial charge is 0.386 e. The molecule has 0 saturated carbocycles. The number of β-amino-alcohol motifs (C(OH)–C–C–N with tert-alkyl or cyclic N) is 1. The lowest BCUT2D eigenvalue weighted by molar-refractivity contribution is -0.121. The quantitative estimate of drug-likeness (QED) is 0.849. The Kier molecular flexibility index (Phi) is 5.46. The van der Waals surface area contributed by atoms with Gasteiger partial charge in [-0.3, -0.25) is 9.78 Å². The summed E-state index contributed by atoms with van der Waals surface area (Å²) in [6, 6.07) is 4.38. The summed E-state index contributed by atoms with van der Waals surface area (Å²) in [5, 5.41) is 13.7. The monoisotopic (exact) mass is 358 g/mol. The lowest BCUT2D eigenvalue weighted by atomic mass is 9.92. The van der Waals surface area contributed by atoms with Crippen molar-refractivity contribution in [2.45, 2.75) is 31.8 Å². The summed E-state index contributed by atoms with van der Waals surface area (Å²) in [5.74, 6) is 0.218. The third kappa shape index (κ3) is 4.54. The number of halogens is 1. The zero-order valence-corrected chi connectivity index (χ0v) is 14.8. The maximum atomic E-state index is 13.2. The molecule has 0 radical (unpaired) electrons. The second-order valence-corrected chi connectivity index (χ2v) is 6.84. The average molecular weight is 358 g/mol. The smallest absolute Gasteiger partial charge is 0.224 e. The van der Waals surface area contributed by atoms with E-state index < -0.39 is 5.60 Å². The third-order valence-corrected chi connectivity index (χ3v) is 4.70. The molecule has 1 aliphatic rings. The van der Waals surface area contributed by atoms with E-state index in [0.717, 1.165) is 29.9 Å². The normalized spacial score (nSPS) is 20.0. The van der Waals surface area contributed by atoms with E-state index in [9.17, 15) is 14.3 Å². The Bertz CT molecular complexity index is 771. The first-order valence-corrected chi connectivity index (χ1v) is 8.70. The molecule has 0 unspecified atom stereocenters. The van der Waals surface area contributed by atoms with Gasteiger partial charge in [0.2, 0.25) is 5.91 Å². The van der Waals surface area contributed by atoms with Gasteiger partial charge in [0.15, 0.2) is 0 Å². The van der Waals surface area contributed by atoms with Gasteiger partial charge in [0, 0.05) is 32.0 Å². The number of aromatic nitrogens is 2. The fourth-order valence-corrected chi connectivity index (χ4v) is 3.26. The highest BCUT2D eigenvalue weighted by molar-refractivity contribution is 5.79. The lowest BCUT2D eigenvalue weighted by Gasteiger charge is -2.39. The molecule has 2 aromatic rings. The standard InChI is InChI=1S/C19H23FN4O2/c1-14-9-16(20)4-3-15(14)10-18(25)23-12-19(26)5-2-8-24(13-19)17-11-21-6-7-22-17/h3-4,6-7,9,11,26H,2,5,8,10,12-13H2,1H3,(H,23,25)/t19-/m1/s1. The van der Waals surface area contributed by atoms with Gasteiger partial charge in [-0.05, 0) is 43.0 Å². The van der Waals surface area contributed by atoms with Crippen LogP contribution in [0, 0.1) is 12.7 Å². The number of anilines is 1. The second kappa shape index (κ2) is 7.78. The third-order valence-electron chi connectivity index (χ3n) is 4.70. The summed E-state index contributed by atoms with van der Waals surface area (Å²) < 4.78 is 13.2. The predicted octanol–water partition coefficient (Wildman–Crippen LogP) is 1.61. The van der Waals surface area contributed by atoms with Crippen LogP contribution in [0.2, 0.25) is 0 Å². The van der Waals surface area contributed by atoms with Gasteiger partial charge in [-0.15, -0.1) is 0 Å². The Morgan fingerprint density at radius 1 is 1.42 bits per heavy atom. The number of benzene rings is 1. The van der Waals surface area contributed by atoms with E-state index in [1.54, 1.807) is 31.6 Å². The topological polar surface area (TPSA) is 78.4 Å². The van der Waals surface area contributed by atoms with E-state index >= 15 is 0 Å². The first kappa shape index (κ1) is 18.3. The highest BCUT2D eigenvalue weighted by atomic mass is 19.1. The van der Waals surface area contributed by atoms with Crippen LogP contribution in [0.3, 0.4) is 0 Å². The van der Waals surface area contributed by atoms with E-state index in [4.69, 9.17) is 0 Å². The molecule has 0 spiro atoms. The fraction of sp³-hybridized carbons (Fsp3) is 0.421. The van der Waals surface area contributed by atoms with Gasteiger partial charge in [-0.2, -0.15) is 0 Å². The van der Waals surface area contributed by atoms with Crippen LogP contribution in [-0.4, -0.2) is 46.2 Å². The molecule has 2 N–H and O–H groups in total. The minimum absolute atomic E-state index is 0.163. The van der Waals surface area contributed by atoms with E-state index in [-0.39, 0.29) is 24.7 Å². The highest BCUT2D eigenvalue weighted by Gasteiger charge is 2.34. The summed E-state index contributed by atoms with van der Waals surface area (Å²) >= 11 is 0. The zero-order chi connectivity index (χ0) is 18.6. The maximum Gasteiger partial charge on any atom is 0.224 e. The molecule has 0 aliphatic carbocycles. The van der Waals surface area contributed by atoms with Crippen molar-refractivity contribution in [3.8, 4) is 0 Å². The van der Waals surface area contributed by atoms with E-state index in [1.165, 1.54) is 12.1 Å². The van der Waals surface area contributed by atoms with Gasteiger partial charge in [0.05, 0.1) is 18.2 Å². The van der Waals surface area contributed by atoms with Crippen LogP contribution in [0.4, 0.5) is 10.2 Å². The fourth-order valence-electron chi connectivity index (χ4n) is 3.26. The van der Waals surface area contributed by atoms with Crippen LogP contribution in [0.5, 0.6) is 0 Å². The summed E-state index contributed by atoms with van der Waals surface area (Å²) in [6.45, 7) is 3.13. The van der Waals surface area contributed by atoms with Crippen LogP contribution < -0.4 is 10.2 Å². The molecule has 1 aromatic carbocycles. The van der Waals surface area contributed by atoms with Crippen molar-refractivity contribution in [1.29, 1.82) is 0 Å². The minimum Gasteiger partial charge on any atom is -0.386 e. The molecule has 7 heteroatoms. The van der Waals surface area contributed by atoms with Gasteiger partial charge in [0.1, 0.15) is 11.6 Å². The number of amides is 1. The molecular formula is C19H23FN4O2. The first-order valence-electron chi connectivity index (χ1n) is 8.70. The van der Waals surface area contributed by atoms with Gasteiger partial charge >= 0.3 is 0 Å². The summed E-state index contributed by atoms with van der Waals surface area (Å²) in [6.07, 6.45) is 6.48. The second-order valence-electron chi connectivity index (χ2n) is 6.84. The van der Waals surface area contributed by atoms with Gasteiger partial charge in [-0.1, -0.05) is 6.07 Å². The van der Waals surface area contributed by atoms with Crippen LogP contribution in [-0.2, 0) is 11.2 Å². The van der Waals surface area contributed by atoms with E-state index in [2.05, 4.69) is 15.3 Å². The molecule has 1 atom stereocenters. The van der Waals surface area contributed by atoms with E-state index in [1.807, 2.05) is 4.90 Å². The molecule has 3 rings (SSSR count). The Balaban J connectivity index is 1.56. The number of rotatable bonds is 5. The van der Waals surface area contributed by atoms with Gasteiger partial charge in [-0.25, -0.2) is 9.37 Å². The summed E-state index contributed by atoms with van der Waals surface area (Å²) in [4.78, 5) is 22.5. The summed E-state index contributed by atoms with van der Waals surface area (Å²) in [5.41, 5.74) is 0.509. The van der Waals surface area contributed by atoms with Crippen molar-refractivity contribution in [3.05, 3.63) is 53.7 Å². The minimum atomic E-state index is -1.01. The van der Waals surface area contributed by atoms with E-state index in [0.29, 0.717) is 13.0 Å². The number of aryl methyl sites for hydroxylation is 1. The Morgan fingerprint density at radius 2 is 2.27 bits per heavy atom. The number of aliphatic hydroxyl groups is 1. The van der Waals surface area contributed by atoms with Crippen molar-refractivity contribution in [1.82, 2.24) is 15.3 Å². The zero-order valence-electron chi connectivity index (χ0n) is 14.8. The number of hydrogen-bond donors (Lipinski definition) is 2. The maximum absolute atomic E-state index is 13.2. The average Bonchev–Trinajstić information content (AvgIpc) is 2.63. The molecule has 1 aromatic heterocycles. The molecule has 1 saturated heterocycles. The van der Waals surface area contributed by atoms with Crippen molar-refractivity contribution in [2.75, 3.05) is 24.5 Å². The molecule has 1 amide bonds. The number of nitrogens with zero attached hydrogens (tertiary/aromatic N) is 3. The molecule has 138 valence electrons. The number of nitrogens with one attached hydrogen (secondary N) is 1. The Morgan fingerprint density at radius 3 is 3.00 bits per heavy atom. The number of hydrogen-bond acceptors (Lipinski definition) is 5. The lowest BCUT2D eigenvalue weighted by Crippen LogP contribution is -2.54. The molecule has 2 heterocycles. The Labute approximate surface area is 152 Å². The first-order chi connectivity index (χ1) is 12.5. The molecule has 26 heavy (non-hydrogen) atoms. The van der Waals surface area contributed by atoms with Crippen molar-refractivity contribution >= 4 is 11.7 Å². The van der Waals surface area contributed by atoms with Crippen LogP contribution in [0.15, 0.2) is 36.8 Å². The van der Waals surface area contributed by atoms with Gasteiger partial charge in [0.25, 0.3) is 0 Å². The number of carbonyl (C=O) groups excluding carboxylic acids is 1. The Hall–Kier alpha value is -2.54. The molecule has 1 fully saturated rings. The van der Waals surface area contributed by atoms with Crippen molar-refractivity contribution in [2.24, 2.45) is 0 Å². The predicted molar refractivity (Wildman–Crippen MR) is 96.3 cm³/mol. The van der Waals surface area contributed by atoms with Gasteiger partial charge < -0.3 is 15.3 Å².